The third-order valence-electron chi connectivity index (χ3n) is 8.39. The Morgan fingerprint density at radius 3 is 2.53 bits per heavy atom. The van der Waals surface area contributed by atoms with Crippen LogP contribution >= 0.6 is 23.4 Å². The number of nitrogens with zero attached hydrogens (tertiary/aromatic N) is 3. The molecule has 7 nitrogen and oxygen atoms in total. The summed E-state index contributed by atoms with van der Waals surface area (Å²) in [7, 11) is 1.73. The van der Waals surface area contributed by atoms with Gasteiger partial charge in [0.1, 0.15) is 6.04 Å². The van der Waals surface area contributed by atoms with Crippen LogP contribution in [0.1, 0.15) is 32.3 Å². The number of aliphatic hydroxyl groups is 1. The molecule has 1 N–H and O–H groups in total. The number of fused-ring (bicyclic) bond motifs is 1. The van der Waals surface area contributed by atoms with Gasteiger partial charge >= 0.3 is 0 Å². The van der Waals surface area contributed by atoms with Crippen LogP contribution in [0.5, 0.6) is 0 Å². The number of likely N-dealkylation sites (N-methyl/N-ethyl adjacent to an activating group) is 1. The van der Waals surface area contributed by atoms with Crippen molar-refractivity contribution in [1.29, 1.82) is 0 Å². The van der Waals surface area contributed by atoms with Gasteiger partial charge in [-0.15, -0.1) is 24.9 Å². The van der Waals surface area contributed by atoms with Gasteiger partial charge in [-0.2, -0.15) is 0 Å². The lowest BCUT2D eigenvalue weighted by molar-refractivity contribution is -0.145. The SMILES string of the molecule is C=CCN(C)C(=O)[C@@H]1[C@H]2C(=O)N([C@@H](CO)C(C)C)C(C(=O)N(CC=C)c3c(C)cccc3Cl)C23CC[C@H]1S3. The molecule has 3 saturated heterocycles. The topological polar surface area (TPSA) is 81.2 Å². The number of carbonyl (C=O) groups excluding carboxylic acids is 3. The smallest absolute Gasteiger partial charge is 0.251 e. The first-order chi connectivity index (χ1) is 18.0. The Labute approximate surface area is 234 Å². The number of aryl methyl sites for hydroxylation is 1. The van der Waals surface area contributed by atoms with Crippen molar-refractivity contribution >= 4 is 46.8 Å². The van der Waals surface area contributed by atoms with Gasteiger partial charge in [-0.05, 0) is 37.3 Å². The van der Waals surface area contributed by atoms with E-state index < -0.39 is 28.7 Å². The van der Waals surface area contributed by atoms with E-state index in [1.165, 1.54) is 0 Å². The summed E-state index contributed by atoms with van der Waals surface area (Å²) in [6.07, 6.45) is 4.73. The number of amides is 3. The van der Waals surface area contributed by atoms with Crippen LogP contribution < -0.4 is 4.90 Å². The van der Waals surface area contributed by atoms with E-state index in [1.54, 1.807) is 51.7 Å². The second kappa shape index (κ2) is 11.1. The molecular formula is C29H38ClN3O4S. The third-order valence-corrected chi connectivity index (χ3v) is 10.6. The van der Waals surface area contributed by atoms with Gasteiger partial charge < -0.3 is 19.8 Å². The molecule has 0 aliphatic carbocycles. The fourth-order valence-corrected chi connectivity index (χ4v) is 9.22. The van der Waals surface area contributed by atoms with Crippen LogP contribution in [0, 0.1) is 24.7 Å². The summed E-state index contributed by atoms with van der Waals surface area (Å²) < 4.78 is -0.759. The highest BCUT2D eigenvalue weighted by molar-refractivity contribution is 8.02. The fourth-order valence-electron chi connectivity index (χ4n) is 6.70. The van der Waals surface area contributed by atoms with Crippen molar-refractivity contribution in [3.63, 3.8) is 0 Å². The number of carbonyl (C=O) groups is 3. The Morgan fingerprint density at radius 1 is 1.26 bits per heavy atom. The van der Waals surface area contributed by atoms with Crippen molar-refractivity contribution in [2.75, 3.05) is 31.6 Å². The lowest BCUT2D eigenvalue weighted by Gasteiger charge is -2.41. The van der Waals surface area contributed by atoms with Crippen LogP contribution in [0.25, 0.3) is 0 Å². The summed E-state index contributed by atoms with van der Waals surface area (Å²) in [5.41, 5.74) is 1.43. The van der Waals surface area contributed by atoms with Gasteiger partial charge in [0.2, 0.25) is 11.8 Å². The zero-order chi connectivity index (χ0) is 27.9. The first kappa shape index (κ1) is 28.7. The van der Waals surface area contributed by atoms with Gasteiger partial charge in [-0.3, -0.25) is 14.4 Å². The molecule has 4 rings (SSSR count). The fraction of sp³-hybridized carbons (Fsp3) is 0.552. The lowest BCUT2D eigenvalue weighted by Crippen LogP contribution is -2.58. The molecule has 3 heterocycles. The van der Waals surface area contributed by atoms with Gasteiger partial charge in [0.25, 0.3) is 5.91 Å². The van der Waals surface area contributed by atoms with Crippen molar-refractivity contribution in [3.05, 3.63) is 54.1 Å². The van der Waals surface area contributed by atoms with Gasteiger partial charge in [0.05, 0.1) is 39.9 Å². The first-order valence-corrected chi connectivity index (χ1v) is 14.5. The molecule has 1 spiro atoms. The highest BCUT2D eigenvalue weighted by atomic mass is 35.5. The molecule has 3 fully saturated rings. The van der Waals surface area contributed by atoms with Crippen molar-refractivity contribution < 1.29 is 19.5 Å². The van der Waals surface area contributed by atoms with Crippen LogP contribution in [0.2, 0.25) is 5.02 Å². The summed E-state index contributed by atoms with van der Waals surface area (Å²) in [5.74, 6) is -1.81. The first-order valence-electron chi connectivity index (χ1n) is 13.2. The zero-order valence-electron chi connectivity index (χ0n) is 22.6. The van der Waals surface area contributed by atoms with E-state index in [1.807, 2.05) is 32.9 Å². The largest absolute Gasteiger partial charge is 0.394 e. The minimum Gasteiger partial charge on any atom is -0.394 e. The number of likely N-dealkylation sites (tertiary alicyclic amines) is 1. The molecule has 2 bridgehead atoms. The van der Waals surface area contributed by atoms with Crippen LogP contribution in [-0.2, 0) is 14.4 Å². The molecule has 0 saturated carbocycles. The molecule has 0 aromatic heterocycles. The summed E-state index contributed by atoms with van der Waals surface area (Å²) >= 11 is 8.24. The number of para-hydroxylation sites is 1. The number of rotatable bonds is 10. The zero-order valence-corrected chi connectivity index (χ0v) is 24.2. The molecule has 206 valence electrons. The molecule has 1 aromatic carbocycles. The number of hydrogen-bond donors (Lipinski definition) is 1. The quantitative estimate of drug-likeness (QED) is 0.439. The third kappa shape index (κ3) is 4.38. The maximum Gasteiger partial charge on any atom is 0.251 e. The van der Waals surface area contributed by atoms with Gasteiger partial charge in [-0.1, -0.05) is 49.7 Å². The highest BCUT2D eigenvalue weighted by Crippen LogP contribution is 2.67. The highest BCUT2D eigenvalue weighted by Gasteiger charge is 2.74. The normalized spacial score (nSPS) is 28.4. The van der Waals surface area contributed by atoms with E-state index in [-0.39, 0.29) is 42.0 Å². The molecule has 3 amide bonds. The number of benzene rings is 1. The summed E-state index contributed by atoms with van der Waals surface area (Å²) in [5, 5.41) is 10.8. The van der Waals surface area contributed by atoms with Crippen LogP contribution in [0.15, 0.2) is 43.5 Å². The van der Waals surface area contributed by atoms with Crippen LogP contribution in [0.4, 0.5) is 5.69 Å². The van der Waals surface area contributed by atoms with Gasteiger partial charge in [0, 0.05) is 25.4 Å². The van der Waals surface area contributed by atoms with Crippen LogP contribution in [-0.4, -0.2) is 81.5 Å². The van der Waals surface area contributed by atoms with E-state index in [9.17, 15) is 19.5 Å². The van der Waals surface area contributed by atoms with Crippen molar-refractivity contribution in [3.8, 4) is 0 Å². The van der Waals surface area contributed by atoms with E-state index >= 15 is 0 Å². The Kier molecular flexibility index (Phi) is 8.36. The number of anilines is 1. The standard InChI is InChI=1S/C29H38ClN3O4S/c1-7-14-31(6)26(35)22-21-12-13-29(38-21)23(22)27(36)33(20(16-34)17(3)4)25(29)28(37)32(15-8-2)24-18(5)10-9-11-19(24)30/h7-11,17,20-23,25,34H,1-2,12-16H2,3-6H3/t20-,21+,22-,23-,25?,29?/m0/s1. The van der Waals surface area contributed by atoms with E-state index in [2.05, 4.69) is 13.2 Å². The van der Waals surface area contributed by atoms with Crippen LogP contribution in [0.3, 0.4) is 0 Å². The monoisotopic (exact) mass is 559 g/mol. The summed E-state index contributed by atoms with van der Waals surface area (Å²) in [6, 6.07) is 4.08. The summed E-state index contributed by atoms with van der Waals surface area (Å²) in [4.78, 5) is 47.5. The molecule has 0 radical (unpaired) electrons. The average molecular weight is 560 g/mol. The Morgan fingerprint density at radius 2 is 1.95 bits per heavy atom. The number of thioether (sulfide) groups is 1. The Bertz CT molecular complexity index is 1120. The minimum absolute atomic E-state index is 0.0392. The molecule has 3 aliphatic heterocycles. The predicted octanol–water partition coefficient (Wildman–Crippen LogP) is 3.92. The Hall–Kier alpha value is -2.29. The van der Waals surface area contributed by atoms with Crippen molar-refractivity contribution in [2.45, 2.75) is 55.7 Å². The number of hydrogen-bond acceptors (Lipinski definition) is 5. The second-order valence-electron chi connectivity index (χ2n) is 10.9. The summed E-state index contributed by atoms with van der Waals surface area (Å²) in [6.45, 7) is 13.7. The second-order valence-corrected chi connectivity index (χ2v) is 13.0. The number of aliphatic hydroxyl groups excluding tert-OH is 1. The average Bonchev–Trinajstić information content (AvgIpc) is 3.51. The Balaban J connectivity index is 1.86. The molecular weight excluding hydrogens is 522 g/mol. The lowest BCUT2D eigenvalue weighted by atomic mass is 9.70. The van der Waals surface area contributed by atoms with Gasteiger partial charge in [-0.25, -0.2) is 0 Å². The minimum atomic E-state index is -0.840. The molecule has 3 aliphatic rings. The van der Waals surface area contributed by atoms with Crippen molar-refractivity contribution in [1.82, 2.24) is 9.80 Å². The van der Waals surface area contributed by atoms with Gasteiger partial charge in [0.15, 0.2) is 0 Å². The predicted molar refractivity (Wildman–Crippen MR) is 153 cm³/mol. The molecule has 1 aromatic rings. The molecule has 9 heteroatoms. The van der Waals surface area contributed by atoms with Crippen molar-refractivity contribution in [2.24, 2.45) is 17.8 Å². The molecule has 38 heavy (non-hydrogen) atoms. The molecule has 6 atom stereocenters. The number of halogens is 1. The van der Waals surface area contributed by atoms with E-state index in [4.69, 9.17) is 11.6 Å². The maximum absolute atomic E-state index is 14.7. The van der Waals surface area contributed by atoms with E-state index in [0.29, 0.717) is 23.7 Å². The maximum atomic E-state index is 14.7. The molecule has 2 unspecified atom stereocenters. The van der Waals surface area contributed by atoms with E-state index in [0.717, 1.165) is 12.0 Å².